The Morgan fingerprint density at radius 1 is 1.11 bits per heavy atom. The highest BCUT2D eigenvalue weighted by Crippen LogP contribution is 2.31. The van der Waals surface area contributed by atoms with Crippen LogP contribution in [0.2, 0.25) is 5.02 Å². The maximum absolute atomic E-state index is 13.6. The number of hydrogen-bond acceptors (Lipinski definition) is 7. The Kier molecular flexibility index (Phi) is 8.65. The van der Waals surface area contributed by atoms with Gasteiger partial charge in [0.2, 0.25) is 5.13 Å². The van der Waals surface area contributed by atoms with E-state index in [-0.39, 0.29) is 17.3 Å². The van der Waals surface area contributed by atoms with Gasteiger partial charge in [-0.2, -0.15) is 0 Å². The number of nitrogens with zero attached hydrogens (tertiary/aromatic N) is 3. The number of aromatic nitrogens is 2. The normalized spacial score (nSPS) is 11.2. The van der Waals surface area contributed by atoms with Gasteiger partial charge in [-0.1, -0.05) is 77.2 Å². The molecule has 7 nitrogen and oxygen atoms in total. The van der Waals surface area contributed by atoms with Crippen LogP contribution in [0.1, 0.15) is 21.5 Å². The fourth-order valence-corrected chi connectivity index (χ4v) is 6.62. The molecule has 4 aromatic rings. The minimum absolute atomic E-state index is 0.0561. The van der Waals surface area contributed by atoms with Crippen LogP contribution in [0.3, 0.4) is 0 Å². The molecule has 0 bridgehead atoms. The van der Waals surface area contributed by atoms with Gasteiger partial charge in [0.1, 0.15) is 0 Å². The van der Waals surface area contributed by atoms with Crippen LogP contribution in [-0.2, 0) is 16.6 Å². The van der Waals surface area contributed by atoms with E-state index in [0.29, 0.717) is 32.7 Å². The monoisotopic (exact) mass is 570 g/mol. The third-order valence-corrected chi connectivity index (χ3v) is 9.24. The van der Waals surface area contributed by atoms with Gasteiger partial charge in [-0.05, 0) is 54.4 Å². The van der Waals surface area contributed by atoms with Crippen molar-refractivity contribution >= 4 is 61.4 Å². The maximum atomic E-state index is 13.6. The van der Waals surface area contributed by atoms with Gasteiger partial charge in [-0.15, -0.1) is 16.8 Å². The summed E-state index contributed by atoms with van der Waals surface area (Å²) in [7, 11) is -3.89. The molecule has 190 valence electrons. The lowest BCUT2D eigenvalue weighted by molar-refractivity contribution is 0.102. The van der Waals surface area contributed by atoms with Gasteiger partial charge in [0.25, 0.3) is 15.9 Å². The zero-order valence-corrected chi connectivity index (χ0v) is 23.0. The SMILES string of the molecule is C=CCSc1nnc(NC(=O)c2ccc(CN(c3cc(Cl)ccc3C)S(=O)(=O)c3ccccc3)cc2)s1. The molecule has 0 spiro atoms. The fourth-order valence-electron chi connectivity index (χ4n) is 3.42. The summed E-state index contributed by atoms with van der Waals surface area (Å²) in [4.78, 5) is 12.9. The van der Waals surface area contributed by atoms with Crippen molar-refractivity contribution in [2.75, 3.05) is 15.4 Å². The van der Waals surface area contributed by atoms with Crippen molar-refractivity contribution in [1.29, 1.82) is 0 Å². The van der Waals surface area contributed by atoms with Crippen molar-refractivity contribution in [3.05, 3.63) is 107 Å². The van der Waals surface area contributed by atoms with E-state index in [4.69, 9.17) is 11.6 Å². The number of rotatable bonds is 10. The van der Waals surface area contributed by atoms with Gasteiger partial charge >= 0.3 is 0 Å². The molecule has 0 aliphatic rings. The van der Waals surface area contributed by atoms with E-state index in [2.05, 4.69) is 22.1 Å². The molecule has 37 heavy (non-hydrogen) atoms. The summed E-state index contributed by atoms with van der Waals surface area (Å²) in [6, 6.07) is 20.2. The first-order valence-electron chi connectivity index (χ1n) is 11.1. The molecule has 0 fully saturated rings. The molecule has 0 saturated heterocycles. The predicted molar refractivity (Wildman–Crippen MR) is 151 cm³/mol. The number of sulfonamides is 1. The van der Waals surface area contributed by atoms with Gasteiger partial charge < -0.3 is 0 Å². The Hall–Kier alpha value is -3.18. The molecule has 1 aromatic heterocycles. The molecule has 0 unspecified atom stereocenters. The summed E-state index contributed by atoms with van der Waals surface area (Å²) in [5.41, 5.74) is 2.37. The van der Waals surface area contributed by atoms with E-state index in [1.54, 1.807) is 78.9 Å². The molecule has 0 atom stereocenters. The molecule has 3 aromatic carbocycles. The highest BCUT2D eigenvalue weighted by atomic mass is 35.5. The number of anilines is 2. The lowest BCUT2D eigenvalue weighted by Gasteiger charge is -2.26. The van der Waals surface area contributed by atoms with Crippen LogP contribution >= 0.6 is 34.7 Å². The highest BCUT2D eigenvalue weighted by Gasteiger charge is 2.26. The second kappa shape index (κ2) is 11.9. The van der Waals surface area contributed by atoms with Gasteiger partial charge in [0, 0.05) is 16.3 Å². The molecule has 0 aliphatic carbocycles. The number of benzene rings is 3. The molecule has 4 rings (SSSR count). The summed E-state index contributed by atoms with van der Waals surface area (Å²) in [6.07, 6.45) is 1.77. The first-order valence-corrected chi connectivity index (χ1v) is 14.7. The molecule has 1 amide bonds. The van der Waals surface area contributed by atoms with Crippen molar-refractivity contribution in [2.45, 2.75) is 22.7 Å². The summed E-state index contributed by atoms with van der Waals surface area (Å²) in [5.74, 6) is 0.373. The van der Waals surface area contributed by atoms with Crippen molar-refractivity contribution in [3.8, 4) is 0 Å². The summed E-state index contributed by atoms with van der Waals surface area (Å²) < 4.78 is 29.4. The molecule has 1 N–H and O–H groups in total. The predicted octanol–water partition coefficient (Wildman–Crippen LogP) is 6.43. The molecule has 1 heterocycles. The largest absolute Gasteiger partial charge is 0.296 e. The topological polar surface area (TPSA) is 92.3 Å². The third-order valence-electron chi connectivity index (χ3n) is 5.26. The number of aryl methyl sites for hydroxylation is 1. The summed E-state index contributed by atoms with van der Waals surface area (Å²) >= 11 is 9.00. The standard InChI is InChI=1S/C26H23ClN4O3S3/c1-3-15-35-26-30-29-25(36-26)28-24(32)20-12-10-19(11-13-20)17-31(23-16-21(27)14-9-18(23)2)37(33,34)22-7-5-4-6-8-22/h3-14,16H,1,15,17H2,2H3,(H,28,29,32). The van der Waals surface area contributed by atoms with E-state index >= 15 is 0 Å². The van der Waals surface area contributed by atoms with Crippen molar-refractivity contribution < 1.29 is 13.2 Å². The van der Waals surface area contributed by atoms with E-state index in [9.17, 15) is 13.2 Å². The van der Waals surface area contributed by atoms with Crippen LogP contribution in [-0.4, -0.2) is 30.3 Å². The van der Waals surface area contributed by atoms with Crippen molar-refractivity contribution in [3.63, 3.8) is 0 Å². The van der Waals surface area contributed by atoms with Crippen LogP contribution in [0.4, 0.5) is 10.8 Å². The quantitative estimate of drug-likeness (QED) is 0.134. The van der Waals surface area contributed by atoms with Gasteiger partial charge in [0.05, 0.1) is 17.1 Å². The maximum Gasteiger partial charge on any atom is 0.264 e. The average Bonchev–Trinajstić information content (AvgIpc) is 3.35. The van der Waals surface area contributed by atoms with Crippen molar-refractivity contribution in [2.24, 2.45) is 0 Å². The summed E-state index contributed by atoms with van der Waals surface area (Å²) in [5, 5.41) is 11.6. The van der Waals surface area contributed by atoms with E-state index in [0.717, 1.165) is 9.90 Å². The second-order valence-corrected chi connectivity index (χ2v) is 12.4. The lowest BCUT2D eigenvalue weighted by Crippen LogP contribution is -2.31. The number of nitrogens with one attached hydrogen (secondary N) is 1. The molecule has 0 aliphatic heterocycles. The Morgan fingerprint density at radius 2 is 1.84 bits per heavy atom. The zero-order chi connectivity index (χ0) is 26.4. The highest BCUT2D eigenvalue weighted by molar-refractivity contribution is 8.01. The zero-order valence-electron chi connectivity index (χ0n) is 19.8. The summed E-state index contributed by atoms with van der Waals surface area (Å²) in [6.45, 7) is 5.56. The Bertz CT molecular complexity index is 1510. The Morgan fingerprint density at radius 3 is 2.54 bits per heavy atom. The smallest absolute Gasteiger partial charge is 0.264 e. The average molecular weight is 571 g/mol. The van der Waals surface area contributed by atoms with Gasteiger partial charge in [0.15, 0.2) is 4.34 Å². The van der Waals surface area contributed by atoms with Crippen LogP contribution < -0.4 is 9.62 Å². The molecular formula is C26H23ClN4O3S3. The van der Waals surface area contributed by atoms with Crippen LogP contribution in [0, 0.1) is 6.92 Å². The Balaban J connectivity index is 1.57. The second-order valence-electron chi connectivity index (χ2n) is 7.88. The number of halogens is 1. The molecule has 0 radical (unpaired) electrons. The fraction of sp³-hybridized carbons (Fsp3) is 0.115. The lowest BCUT2D eigenvalue weighted by atomic mass is 10.1. The first kappa shape index (κ1) is 26.9. The number of carbonyl (C=O) groups is 1. The van der Waals surface area contributed by atoms with Gasteiger partial charge in [-0.25, -0.2) is 8.42 Å². The number of carbonyl (C=O) groups excluding carboxylic acids is 1. The Labute approximate surface area is 229 Å². The number of hydrogen-bond donors (Lipinski definition) is 1. The van der Waals surface area contributed by atoms with Crippen LogP contribution in [0.25, 0.3) is 0 Å². The number of amides is 1. The number of thioether (sulfide) groups is 1. The third kappa shape index (κ3) is 6.58. The van der Waals surface area contributed by atoms with Crippen LogP contribution in [0.5, 0.6) is 0 Å². The van der Waals surface area contributed by atoms with E-state index in [1.807, 2.05) is 6.92 Å². The molecule has 0 saturated carbocycles. The van der Waals surface area contributed by atoms with Crippen molar-refractivity contribution in [1.82, 2.24) is 10.2 Å². The van der Waals surface area contributed by atoms with E-state index in [1.165, 1.54) is 27.4 Å². The minimum Gasteiger partial charge on any atom is -0.296 e. The molecule has 11 heteroatoms. The van der Waals surface area contributed by atoms with E-state index < -0.39 is 10.0 Å². The molecular weight excluding hydrogens is 548 g/mol. The first-order chi connectivity index (χ1) is 17.8. The minimum atomic E-state index is -3.89. The van der Waals surface area contributed by atoms with Gasteiger partial charge in [-0.3, -0.25) is 14.4 Å². The van der Waals surface area contributed by atoms with Crippen LogP contribution in [0.15, 0.2) is 94.7 Å².